The monoisotopic (exact) mass is 467 g/mol. The van der Waals surface area contributed by atoms with Crippen molar-refractivity contribution in [3.63, 3.8) is 0 Å². The van der Waals surface area contributed by atoms with Crippen LogP contribution in [-0.2, 0) is 20.9 Å². The Morgan fingerprint density at radius 2 is 1.53 bits per heavy atom. The van der Waals surface area contributed by atoms with E-state index < -0.39 is 17.7 Å². The van der Waals surface area contributed by atoms with Crippen LogP contribution in [0.5, 0.6) is 0 Å². The van der Waals surface area contributed by atoms with Gasteiger partial charge >= 0.3 is 6.09 Å². The highest BCUT2D eigenvalue weighted by Crippen LogP contribution is 2.26. The molecule has 7 nitrogen and oxygen atoms in total. The summed E-state index contributed by atoms with van der Waals surface area (Å²) in [7, 11) is 0. The Morgan fingerprint density at radius 1 is 0.941 bits per heavy atom. The Morgan fingerprint density at radius 3 is 2.06 bits per heavy atom. The van der Waals surface area contributed by atoms with Crippen LogP contribution < -0.4 is 10.6 Å². The lowest BCUT2D eigenvalue weighted by Gasteiger charge is -2.35. The molecule has 2 rings (SSSR count). The van der Waals surface area contributed by atoms with E-state index in [1.54, 1.807) is 20.8 Å². The maximum absolute atomic E-state index is 13.5. The summed E-state index contributed by atoms with van der Waals surface area (Å²) in [5, 5.41) is 5.49. The fraction of sp³-hybridized carbons (Fsp3) is 0.444. The van der Waals surface area contributed by atoms with Crippen LogP contribution in [0.15, 0.2) is 48.5 Å². The molecule has 1 atom stereocenters. The predicted molar refractivity (Wildman–Crippen MR) is 133 cm³/mol. The number of nitrogens with one attached hydrogen (secondary N) is 2. The number of ether oxygens (including phenoxy) is 1. The number of alkyl carbamates (subject to hydrolysis) is 1. The smallest absolute Gasteiger partial charge is 0.408 e. The topological polar surface area (TPSA) is 87.7 Å². The van der Waals surface area contributed by atoms with Gasteiger partial charge in [0.05, 0.1) is 0 Å². The van der Waals surface area contributed by atoms with Crippen molar-refractivity contribution in [3.05, 3.63) is 70.8 Å². The zero-order valence-electron chi connectivity index (χ0n) is 21.3. The highest BCUT2D eigenvalue weighted by Gasteiger charge is 2.33. The van der Waals surface area contributed by atoms with Crippen molar-refractivity contribution < 1.29 is 19.1 Å². The minimum absolute atomic E-state index is 0.277. The molecule has 184 valence electrons. The lowest BCUT2D eigenvalue weighted by atomic mass is 9.98. The van der Waals surface area contributed by atoms with Crippen LogP contribution >= 0.6 is 0 Å². The van der Waals surface area contributed by atoms with E-state index in [4.69, 9.17) is 4.74 Å². The quantitative estimate of drug-likeness (QED) is 0.602. The van der Waals surface area contributed by atoms with Gasteiger partial charge in [-0.15, -0.1) is 0 Å². The molecular weight excluding hydrogens is 430 g/mol. The van der Waals surface area contributed by atoms with E-state index in [-0.39, 0.29) is 24.4 Å². The van der Waals surface area contributed by atoms with Crippen molar-refractivity contribution in [3.8, 4) is 0 Å². The van der Waals surface area contributed by atoms with Gasteiger partial charge in [-0.2, -0.15) is 0 Å². The van der Waals surface area contributed by atoms with Crippen LogP contribution in [0.4, 0.5) is 4.79 Å². The first-order valence-corrected chi connectivity index (χ1v) is 11.5. The summed E-state index contributed by atoms with van der Waals surface area (Å²) in [5.41, 5.74) is 3.01. The molecule has 0 aliphatic carbocycles. The van der Waals surface area contributed by atoms with Gasteiger partial charge in [0.25, 0.3) is 0 Å². The maximum Gasteiger partial charge on any atom is 0.408 e. The van der Waals surface area contributed by atoms with E-state index in [1.165, 1.54) is 4.90 Å². The van der Waals surface area contributed by atoms with E-state index in [0.717, 1.165) is 22.3 Å². The summed E-state index contributed by atoms with van der Waals surface area (Å²) in [5.74, 6) is -0.659. The molecule has 34 heavy (non-hydrogen) atoms. The fourth-order valence-corrected chi connectivity index (χ4v) is 3.77. The number of benzene rings is 2. The van der Waals surface area contributed by atoms with Gasteiger partial charge in [0, 0.05) is 12.6 Å². The Balaban J connectivity index is 2.31. The number of carbonyl (C=O) groups excluding carboxylic acids is 3. The van der Waals surface area contributed by atoms with E-state index in [0.29, 0.717) is 6.54 Å². The van der Waals surface area contributed by atoms with Crippen molar-refractivity contribution >= 4 is 17.9 Å². The Labute approximate surface area is 202 Å². The second-order valence-corrected chi connectivity index (χ2v) is 9.78. The lowest BCUT2D eigenvalue weighted by Crippen LogP contribution is -2.50. The van der Waals surface area contributed by atoms with Gasteiger partial charge in [-0.05, 0) is 59.6 Å². The number of rotatable bonds is 8. The molecule has 0 aromatic heterocycles. The van der Waals surface area contributed by atoms with Crippen molar-refractivity contribution in [1.82, 2.24) is 15.5 Å². The molecule has 2 aromatic rings. The van der Waals surface area contributed by atoms with Crippen molar-refractivity contribution in [2.45, 2.75) is 72.7 Å². The van der Waals surface area contributed by atoms with Gasteiger partial charge < -0.3 is 20.3 Å². The molecule has 0 heterocycles. The molecule has 0 bridgehead atoms. The molecule has 2 aromatic carbocycles. The maximum atomic E-state index is 13.5. The number of amides is 3. The summed E-state index contributed by atoms with van der Waals surface area (Å²) in [6.07, 6.45) is -0.680. The molecule has 0 aliphatic rings. The van der Waals surface area contributed by atoms with Crippen LogP contribution in [0.25, 0.3) is 0 Å². The van der Waals surface area contributed by atoms with Crippen LogP contribution in [0, 0.1) is 13.8 Å². The zero-order chi connectivity index (χ0) is 25.5. The first kappa shape index (κ1) is 26.9. The molecule has 1 unspecified atom stereocenters. The molecular formula is C27H37N3O4. The number of carbonyl (C=O) groups is 3. The normalized spacial score (nSPS) is 12.1. The average molecular weight is 468 g/mol. The summed E-state index contributed by atoms with van der Waals surface area (Å²) >= 11 is 0. The highest BCUT2D eigenvalue weighted by atomic mass is 16.6. The van der Waals surface area contributed by atoms with Gasteiger partial charge in [-0.1, -0.05) is 59.7 Å². The lowest BCUT2D eigenvalue weighted by molar-refractivity contribution is -0.142. The van der Waals surface area contributed by atoms with Crippen LogP contribution in [0.2, 0.25) is 0 Å². The number of nitrogens with zero attached hydrogens (tertiary/aromatic N) is 1. The standard InChI is InChI=1S/C27H37N3O4/c1-18(2)30(23(31)17-29-26(33)34-27(5,6)7)24(22-14-19(3)13-20(4)15-22)25(32)28-16-21-11-9-8-10-12-21/h8-15,18,24H,16-17H2,1-7H3,(H,28,32)(H,29,33). The van der Waals surface area contributed by atoms with Crippen molar-refractivity contribution in [1.29, 1.82) is 0 Å². The van der Waals surface area contributed by atoms with Crippen LogP contribution in [0.3, 0.4) is 0 Å². The molecule has 7 heteroatoms. The second-order valence-electron chi connectivity index (χ2n) is 9.78. The molecule has 0 aliphatic heterocycles. The third-order valence-electron chi connectivity index (χ3n) is 5.02. The third-order valence-corrected chi connectivity index (χ3v) is 5.02. The third kappa shape index (κ3) is 8.21. The summed E-state index contributed by atoms with van der Waals surface area (Å²) in [6.45, 7) is 12.9. The van der Waals surface area contributed by atoms with Gasteiger partial charge in [-0.25, -0.2) is 4.79 Å². The van der Waals surface area contributed by atoms with Gasteiger partial charge in [0.15, 0.2) is 0 Å². The summed E-state index contributed by atoms with van der Waals surface area (Å²) in [6, 6.07) is 14.3. The van der Waals surface area contributed by atoms with E-state index in [1.807, 2.05) is 76.2 Å². The number of hydrogen-bond acceptors (Lipinski definition) is 4. The molecule has 2 N–H and O–H groups in total. The predicted octanol–water partition coefficient (Wildman–Crippen LogP) is 4.42. The van der Waals surface area contributed by atoms with E-state index in [2.05, 4.69) is 10.6 Å². The highest BCUT2D eigenvalue weighted by molar-refractivity contribution is 5.90. The molecule has 0 spiro atoms. The van der Waals surface area contributed by atoms with Crippen LogP contribution in [-0.4, -0.2) is 41.0 Å². The van der Waals surface area contributed by atoms with Gasteiger partial charge in [0.1, 0.15) is 18.2 Å². The average Bonchev–Trinajstić information content (AvgIpc) is 2.72. The minimum Gasteiger partial charge on any atom is -0.444 e. The van der Waals surface area contributed by atoms with E-state index in [9.17, 15) is 14.4 Å². The largest absolute Gasteiger partial charge is 0.444 e. The van der Waals surface area contributed by atoms with Crippen molar-refractivity contribution in [2.24, 2.45) is 0 Å². The van der Waals surface area contributed by atoms with Crippen molar-refractivity contribution in [2.75, 3.05) is 6.54 Å². The minimum atomic E-state index is -0.852. The van der Waals surface area contributed by atoms with Gasteiger partial charge in [-0.3, -0.25) is 9.59 Å². The molecule has 0 radical (unpaired) electrons. The Kier molecular flexibility index (Phi) is 9.24. The SMILES string of the molecule is Cc1cc(C)cc(C(C(=O)NCc2ccccc2)N(C(=O)CNC(=O)OC(C)(C)C)C(C)C)c1. The molecule has 0 fully saturated rings. The van der Waals surface area contributed by atoms with Crippen LogP contribution in [0.1, 0.15) is 62.9 Å². The zero-order valence-corrected chi connectivity index (χ0v) is 21.3. The second kappa shape index (κ2) is 11.7. The summed E-state index contributed by atoms with van der Waals surface area (Å²) in [4.78, 5) is 40.4. The van der Waals surface area contributed by atoms with Gasteiger partial charge in [0.2, 0.25) is 11.8 Å². The number of aryl methyl sites for hydroxylation is 2. The molecule has 3 amide bonds. The first-order valence-electron chi connectivity index (χ1n) is 11.5. The summed E-state index contributed by atoms with van der Waals surface area (Å²) < 4.78 is 5.24. The Bertz CT molecular complexity index is 976. The molecule has 0 saturated carbocycles. The Hall–Kier alpha value is -3.35. The first-order chi connectivity index (χ1) is 15.9. The molecule has 0 saturated heterocycles. The van der Waals surface area contributed by atoms with E-state index >= 15 is 0 Å². The fourth-order valence-electron chi connectivity index (χ4n) is 3.77. The number of hydrogen-bond donors (Lipinski definition) is 2.